The van der Waals surface area contributed by atoms with Gasteiger partial charge in [0.15, 0.2) is 0 Å². The normalized spacial score (nSPS) is 31.2. The summed E-state index contributed by atoms with van der Waals surface area (Å²) in [6.07, 6.45) is 3.12. The molecule has 0 radical (unpaired) electrons. The highest BCUT2D eigenvalue weighted by atomic mass is 16.5. The molecule has 3 nitrogen and oxygen atoms in total. The maximum Gasteiger partial charge on any atom is 0.0706 e. The summed E-state index contributed by atoms with van der Waals surface area (Å²) in [4.78, 5) is 2.16. The summed E-state index contributed by atoms with van der Waals surface area (Å²) < 4.78 is 5.70. The van der Waals surface area contributed by atoms with Crippen molar-refractivity contribution in [1.29, 1.82) is 0 Å². The smallest absolute Gasteiger partial charge is 0.0706 e. The van der Waals surface area contributed by atoms with Gasteiger partial charge in [0, 0.05) is 12.6 Å². The minimum atomic E-state index is 0.221. The average molecular weight is 187 g/mol. The van der Waals surface area contributed by atoms with Gasteiger partial charge in [0.25, 0.3) is 0 Å². The fourth-order valence-corrected chi connectivity index (χ4v) is 1.66. The Bertz CT molecular complexity index is 152. The second-order valence-electron chi connectivity index (χ2n) is 4.12. The van der Waals surface area contributed by atoms with Crippen LogP contribution in [0.2, 0.25) is 0 Å². The molecule has 3 heteroatoms. The van der Waals surface area contributed by atoms with E-state index in [0.29, 0.717) is 12.2 Å². The summed E-state index contributed by atoms with van der Waals surface area (Å²) in [7, 11) is 2.03. The molecule has 1 aliphatic rings. The zero-order chi connectivity index (χ0) is 9.84. The lowest BCUT2D eigenvalue weighted by Crippen LogP contribution is -2.37. The Morgan fingerprint density at radius 3 is 2.69 bits per heavy atom. The van der Waals surface area contributed by atoms with Crippen molar-refractivity contribution < 1.29 is 9.84 Å². The third-order valence-electron chi connectivity index (χ3n) is 2.83. The Morgan fingerprint density at radius 1 is 1.54 bits per heavy atom. The Balaban J connectivity index is 2.24. The van der Waals surface area contributed by atoms with Gasteiger partial charge in [-0.05, 0) is 33.7 Å². The predicted molar refractivity (Wildman–Crippen MR) is 52.7 cm³/mol. The van der Waals surface area contributed by atoms with Crippen LogP contribution in [0.1, 0.15) is 26.7 Å². The van der Waals surface area contributed by atoms with Crippen LogP contribution in [0.25, 0.3) is 0 Å². The van der Waals surface area contributed by atoms with Gasteiger partial charge in [-0.1, -0.05) is 0 Å². The lowest BCUT2D eigenvalue weighted by molar-refractivity contribution is 0.0240. The Kier molecular flexibility index (Phi) is 4.16. The highest BCUT2D eigenvalue weighted by molar-refractivity contribution is 4.75. The van der Waals surface area contributed by atoms with Gasteiger partial charge in [-0.25, -0.2) is 0 Å². The van der Waals surface area contributed by atoms with E-state index in [1.807, 2.05) is 14.0 Å². The van der Waals surface area contributed by atoms with Crippen molar-refractivity contribution >= 4 is 0 Å². The predicted octanol–water partition coefficient (Wildman–Crippen LogP) is 0.866. The number of aliphatic hydroxyl groups excluding tert-OH is 1. The molecule has 0 aromatic rings. The van der Waals surface area contributed by atoms with Gasteiger partial charge >= 0.3 is 0 Å². The number of ether oxygens (including phenoxy) is 1. The minimum Gasteiger partial charge on any atom is -0.395 e. The summed E-state index contributed by atoms with van der Waals surface area (Å²) in [5.41, 5.74) is 0. The fraction of sp³-hybridized carbons (Fsp3) is 1.00. The first-order valence-electron chi connectivity index (χ1n) is 5.10. The molecule has 0 aliphatic carbocycles. The summed E-state index contributed by atoms with van der Waals surface area (Å²) in [6, 6.07) is 0.236. The molecule has 0 bridgehead atoms. The van der Waals surface area contributed by atoms with Crippen molar-refractivity contribution in [1.82, 2.24) is 4.90 Å². The third kappa shape index (κ3) is 3.25. The molecule has 0 saturated carbocycles. The molecule has 0 aromatic carbocycles. The van der Waals surface area contributed by atoms with Crippen LogP contribution in [0.5, 0.6) is 0 Å². The van der Waals surface area contributed by atoms with Crippen LogP contribution >= 0.6 is 0 Å². The van der Waals surface area contributed by atoms with Crippen molar-refractivity contribution in [3.8, 4) is 0 Å². The first kappa shape index (κ1) is 11.0. The van der Waals surface area contributed by atoms with Crippen LogP contribution in [-0.4, -0.2) is 48.5 Å². The third-order valence-corrected chi connectivity index (χ3v) is 2.83. The Labute approximate surface area is 80.7 Å². The summed E-state index contributed by atoms with van der Waals surface area (Å²) in [5, 5.41) is 8.95. The first-order valence-corrected chi connectivity index (χ1v) is 5.10. The highest BCUT2D eigenvalue weighted by Gasteiger charge is 2.23. The lowest BCUT2D eigenvalue weighted by Gasteiger charge is -2.25. The zero-order valence-electron chi connectivity index (χ0n) is 8.86. The number of nitrogens with zero attached hydrogens (tertiary/aromatic N) is 1. The average Bonchev–Trinajstić information content (AvgIpc) is 2.49. The molecule has 13 heavy (non-hydrogen) atoms. The molecule has 1 rings (SSSR count). The topological polar surface area (TPSA) is 32.7 Å². The number of hydrogen-bond donors (Lipinski definition) is 1. The SMILES string of the molecule is CC1CCC(CN(C)C(C)CO)O1. The molecule has 3 atom stereocenters. The van der Waals surface area contributed by atoms with E-state index in [1.54, 1.807) is 0 Å². The van der Waals surface area contributed by atoms with Crippen LogP contribution in [0.3, 0.4) is 0 Å². The number of hydrogen-bond acceptors (Lipinski definition) is 3. The van der Waals surface area contributed by atoms with Gasteiger partial charge in [-0.15, -0.1) is 0 Å². The van der Waals surface area contributed by atoms with E-state index in [1.165, 1.54) is 6.42 Å². The molecular formula is C10H21NO2. The van der Waals surface area contributed by atoms with E-state index in [4.69, 9.17) is 9.84 Å². The first-order chi connectivity index (χ1) is 6.13. The van der Waals surface area contributed by atoms with Gasteiger partial charge in [0.1, 0.15) is 0 Å². The molecule has 1 N–H and O–H groups in total. The van der Waals surface area contributed by atoms with E-state index < -0.39 is 0 Å². The molecule has 0 spiro atoms. The molecular weight excluding hydrogens is 166 g/mol. The van der Waals surface area contributed by atoms with Gasteiger partial charge < -0.3 is 9.84 Å². The van der Waals surface area contributed by atoms with Gasteiger partial charge in [-0.3, -0.25) is 4.90 Å². The maximum atomic E-state index is 8.95. The van der Waals surface area contributed by atoms with E-state index >= 15 is 0 Å². The van der Waals surface area contributed by atoms with E-state index in [-0.39, 0.29) is 12.6 Å². The van der Waals surface area contributed by atoms with Crippen LogP contribution in [0.15, 0.2) is 0 Å². The lowest BCUT2D eigenvalue weighted by atomic mass is 10.2. The molecule has 1 saturated heterocycles. The Morgan fingerprint density at radius 2 is 2.23 bits per heavy atom. The molecule has 1 heterocycles. The van der Waals surface area contributed by atoms with E-state index in [2.05, 4.69) is 11.8 Å². The second kappa shape index (κ2) is 4.94. The molecule has 1 aliphatic heterocycles. The van der Waals surface area contributed by atoms with E-state index in [0.717, 1.165) is 13.0 Å². The van der Waals surface area contributed by atoms with Crippen molar-refractivity contribution in [2.45, 2.75) is 44.9 Å². The molecule has 78 valence electrons. The minimum absolute atomic E-state index is 0.221. The molecule has 0 aromatic heterocycles. The quantitative estimate of drug-likeness (QED) is 0.708. The van der Waals surface area contributed by atoms with Gasteiger partial charge in [0.2, 0.25) is 0 Å². The number of aliphatic hydroxyl groups is 1. The van der Waals surface area contributed by atoms with Crippen LogP contribution in [0, 0.1) is 0 Å². The Hall–Kier alpha value is -0.120. The summed E-state index contributed by atoms with van der Waals surface area (Å²) >= 11 is 0. The van der Waals surface area contributed by atoms with Crippen molar-refractivity contribution in [3.63, 3.8) is 0 Å². The van der Waals surface area contributed by atoms with E-state index in [9.17, 15) is 0 Å². The fourth-order valence-electron chi connectivity index (χ4n) is 1.66. The number of likely N-dealkylation sites (N-methyl/N-ethyl adjacent to an activating group) is 1. The summed E-state index contributed by atoms with van der Waals surface area (Å²) in [5.74, 6) is 0. The number of rotatable bonds is 4. The molecule has 3 unspecified atom stereocenters. The van der Waals surface area contributed by atoms with Crippen LogP contribution < -0.4 is 0 Å². The van der Waals surface area contributed by atoms with Crippen molar-refractivity contribution in [2.75, 3.05) is 20.2 Å². The van der Waals surface area contributed by atoms with Gasteiger partial charge in [0.05, 0.1) is 18.8 Å². The monoisotopic (exact) mass is 187 g/mol. The van der Waals surface area contributed by atoms with Gasteiger partial charge in [-0.2, -0.15) is 0 Å². The zero-order valence-corrected chi connectivity index (χ0v) is 8.86. The summed E-state index contributed by atoms with van der Waals surface area (Å²) in [6.45, 7) is 5.30. The van der Waals surface area contributed by atoms with Crippen LogP contribution in [0.4, 0.5) is 0 Å². The van der Waals surface area contributed by atoms with Crippen molar-refractivity contribution in [3.05, 3.63) is 0 Å². The second-order valence-corrected chi connectivity index (χ2v) is 4.12. The molecule has 0 amide bonds. The highest BCUT2D eigenvalue weighted by Crippen LogP contribution is 2.19. The molecule has 1 fully saturated rings. The van der Waals surface area contributed by atoms with Crippen molar-refractivity contribution in [2.24, 2.45) is 0 Å². The van der Waals surface area contributed by atoms with Crippen LogP contribution in [-0.2, 0) is 4.74 Å². The standard InChI is InChI=1S/C10H21NO2/c1-8(7-12)11(3)6-10-5-4-9(2)13-10/h8-10,12H,4-7H2,1-3H3. The maximum absolute atomic E-state index is 8.95. The largest absolute Gasteiger partial charge is 0.395 e.